The molecule has 0 fully saturated rings. The van der Waals surface area contributed by atoms with Gasteiger partial charge in [-0.2, -0.15) is 0 Å². The van der Waals surface area contributed by atoms with E-state index >= 15 is 0 Å². The van der Waals surface area contributed by atoms with Crippen LogP contribution in [0.3, 0.4) is 0 Å². The van der Waals surface area contributed by atoms with Crippen molar-refractivity contribution in [1.82, 2.24) is 5.32 Å². The van der Waals surface area contributed by atoms with Crippen LogP contribution < -0.4 is 5.32 Å². The third-order valence-electron chi connectivity index (χ3n) is 3.72. The summed E-state index contributed by atoms with van der Waals surface area (Å²) in [5, 5.41) is 21.8. The number of carboxylic acid groups (broad SMARTS) is 1. The van der Waals surface area contributed by atoms with Crippen molar-refractivity contribution < 1.29 is 15.0 Å². The van der Waals surface area contributed by atoms with E-state index in [4.69, 9.17) is 5.11 Å². The summed E-state index contributed by atoms with van der Waals surface area (Å²) in [6.07, 6.45) is 0.738. The molecular formula is C18H21NO3. The molecule has 0 heterocycles. The van der Waals surface area contributed by atoms with Crippen LogP contribution in [0.2, 0.25) is 0 Å². The van der Waals surface area contributed by atoms with Gasteiger partial charge in [-0.15, -0.1) is 0 Å². The summed E-state index contributed by atoms with van der Waals surface area (Å²) in [4.78, 5) is 11.0. The van der Waals surface area contributed by atoms with Gasteiger partial charge in [-0.05, 0) is 42.2 Å². The lowest BCUT2D eigenvalue weighted by Crippen LogP contribution is -2.34. The van der Waals surface area contributed by atoms with Crippen LogP contribution in [-0.2, 0) is 13.0 Å². The zero-order valence-electron chi connectivity index (χ0n) is 12.6. The van der Waals surface area contributed by atoms with Crippen molar-refractivity contribution in [3.63, 3.8) is 0 Å². The van der Waals surface area contributed by atoms with Crippen molar-refractivity contribution in [2.45, 2.75) is 25.9 Å². The minimum Gasteiger partial charge on any atom is -0.478 e. The lowest BCUT2D eigenvalue weighted by Gasteiger charge is -2.17. The first-order valence-electron chi connectivity index (χ1n) is 7.31. The summed E-state index contributed by atoms with van der Waals surface area (Å²) in [7, 11) is 0. The van der Waals surface area contributed by atoms with E-state index < -0.39 is 5.97 Å². The molecule has 22 heavy (non-hydrogen) atoms. The van der Waals surface area contributed by atoms with Crippen molar-refractivity contribution in [3.05, 3.63) is 70.8 Å². The fourth-order valence-electron chi connectivity index (χ4n) is 2.38. The van der Waals surface area contributed by atoms with E-state index in [2.05, 4.69) is 24.4 Å². The molecule has 0 aliphatic carbocycles. The first-order valence-corrected chi connectivity index (χ1v) is 7.31. The smallest absolute Gasteiger partial charge is 0.335 e. The Morgan fingerprint density at radius 2 is 1.95 bits per heavy atom. The number of carbonyl (C=O) groups is 1. The minimum absolute atomic E-state index is 0.0347. The number of aryl methyl sites for hydroxylation is 1. The molecule has 0 saturated heterocycles. The number of carboxylic acids is 1. The van der Waals surface area contributed by atoms with E-state index in [9.17, 15) is 9.90 Å². The van der Waals surface area contributed by atoms with Gasteiger partial charge in [-0.25, -0.2) is 4.79 Å². The second kappa shape index (κ2) is 7.73. The molecule has 0 amide bonds. The predicted octanol–water partition coefficient (Wildman–Crippen LogP) is 2.39. The van der Waals surface area contributed by atoms with Gasteiger partial charge in [0.15, 0.2) is 0 Å². The molecule has 3 N–H and O–H groups in total. The highest BCUT2D eigenvalue weighted by molar-refractivity contribution is 5.87. The first kappa shape index (κ1) is 16.2. The number of hydrogen-bond acceptors (Lipinski definition) is 3. The number of aliphatic hydroxyl groups is 1. The van der Waals surface area contributed by atoms with E-state index in [1.54, 1.807) is 18.2 Å². The molecule has 0 aromatic heterocycles. The fraction of sp³-hybridized carbons (Fsp3) is 0.278. The van der Waals surface area contributed by atoms with E-state index in [1.165, 1.54) is 11.1 Å². The Kier molecular flexibility index (Phi) is 5.69. The third kappa shape index (κ3) is 4.41. The molecule has 1 atom stereocenters. The summed E-state index contributed by atoms with van der Waals surface area (Å²) < 4.78 is 0. The standard InChI is InChI=1S/C18H21NO3/c1-13-5-2-3-7-15(13)10-17(12-20)19-11-14-6-4-8-16(9-14)18(21)22/h2-9,17,19-20H,10-12H2,1H3,(H,21,22). The molecule has 0 spiro atoms. The number of aliphatic hydroxyl groups excluding tert-OH is 1. The Morgan fingerprint density at radius 3 is 2.64 bits per heavy atom. The molecular weight excluding hydrogens is 278 g/mol. The van der Waals surface area contributed by atoms with Crippen molar-refractivity contribution in [2.75, 3.05) is 6.61 Å². The summed E-state index contributed by atoms with van der Waals surface area (Å²) in [6.45, 7) is 2.62. The normalized spacial score (nSPS) is 12.1. The van der Waals surface area contributed by atoms with Crippen LogP contribution in [0.25, 0.3) is 0 Å². The van der Waals surface area contributed by atoms with Crippen LogP contribution in [0.15, 0.2) is 48.5 Å². The molecule has 4 heteroatoms. The van der Waals surface area contributed by atoms with Crippen molar-refractivity contribution >= 4 is 5.97 Å². The molecule has 0 saturated carbocycles. The molecule has 2 aromatic carbocycles. The number of aromatic carboxylic acids is 1. The van der Waals surface area contributed by atoms with Crippen molar-refractivity contribution in [1.29, 1.82) is 0 Å². The highest BCUT2D eigenvalue weighted by atomic mass is 16.4. The highest BCUT2D eigenvalue weighted by Gasteiger charge is 2.10. The zero-order valence-corrected chi connectivity index (χ0v) is 12.6. The largest absolute Gasteiger partial charge is 0.478 e. The van der Waals surface area contributed by atoms with Crippen LogP contribution in [0.5, 0.6) is 0 Å². The van der Waals surface area contributed by atoms with Crippen LogP contribution in [-0.4, -0.2) is 28.8 Å². The number of benzene rings is 2. The van der Waals surface area contributed by atoms with Gasteiger partial charge in [-0.1, -0.05) is 36.4 Å². The summed E-state index contributed by atoms with van der Waals surface area (Å²) in [5.74, 6) is -0.930. The Morgan fingerprint density at radius 1 is 1.18 bits per heavy atom. The third-order valence-corrected chi connectivity index (χ3v) is 3.72. The topological polar surface area (TPSA) is 69.6 Å². The second-order valence-corrected chi connectivity index (χ2v) is 5.40. The average molecular weight is 299 g/mol. The Balaban J connectivity index is 1.98. The van der Waals surface area contributed by atoms with Gasteiger partial charge in [0.05, 0.1) is 12.2 Å². The Bertz CT molecular complexity index is 640. The van der Waals surface area contributed by atoms with Crippen LogP contribution in [0.4, 0.5) is 0 Å². The second-order valence-electron chi connectivity index (χ2n) is 5.40. The lowest BCUT2D eigenvalue weighted by molar-refractivity contribution is 0.0696. The number of rotatable bonds is 7. The fourth-order valence-corrected chi connectivity index (χ4v) is 2.38. The Labute approximate surface area is 130 Å². The van der Waals surface area contributed by atoms with Crippen LogP contribution in [0.1, 0.15) is 27.0 Å². The SMILES string of the molecule is Cc1ccccc1CC(CO)NCc1cccc(C(=O)O)c1. The van der Waals surface area contributed by atoms with Crippen molar-refractivity contribution in [3.8, 4) is 0 Å². The van der Waals surface area contributed by atoms with Gasteiger partial charge >= 0.3 is 5.97 Å². The molecule has 1 unspecified atom stereocenters. The maximum Gasteiger partial charge on any atom is 0.335 e. The quantitative estimate of drug-likeness (QED) is 0.734. The van der Waals surface area contributed by atoms with Gasteiger partial charge in [0, 0.05) is 12.6 Å². The molecule has 4 nitrogen and oxygen atoms in total. The molecule has 0 radical (unpaired) electrons. The zero-order chi connectivity index (χ0) is 15.9. The maximum absolute atomic E-state index is 11.0. The van der Waals surface area contributed by atoms with Gasteiger partial charge in [0.2, 0.25) is 0 Å². The average Bonchev–Trinajstić information content (AvgIpc) is 2.53. The molecule has 2 rings (SSSR count). The minimum atomic E-state index is -0.930. The summed E-state index contributed by atoms with van der Waals surface area (Å²) in [5.41, 5.74) is 3.57. The number of nitrogens with one attached hydrogen (secondary N) is 1. The molecule has 2 aromatic rings. The van der Waals surface area contributed by atoms with Crippen molar-refractivity contribution in [2.24, 2.45) is 0 Å². The highest BCUT2D eigenvalue weighted by Crippen LogP contribution is 2.11. The van der Waals surface area contributed by atoms with Gasteiger partial charge < -0.3 is 15.5 Å². The van der Waals surface area contributed by atoms with Crippen LogP contribution in [0, 0.1) is 6.92 Å². The molecule has 0 aliphatic heterocycles. The molecule has 116 valence electrons. The molecule has 0 bridgehead atoms. The maximum atomic E-state index is 11.0. The summed E-state index contributed by atoms with van der Waals surface area (Å²) >= 11 is 0. The molecule has 0 aliphatic rings. The lowest BCUT2D eigenvalue weighted by atomic mass is 10.0. The van der Waals surface area contributed by atoms with Gasteiger partial charge in [-0.3, -0.25) is 0 Å². The van der Waals surface area contributed by atoms with Crippen LogP contribution >= 0.6 is 0 Å². The van der Waals surface area contributed by atoms with Gasteiger partial charge in [0.25, 0.3) is 0 Å². The Hall–Kier alpha value is -2.17. The van der Waals surface area contributed by atoms with E-state index in [-0.39, 0.29) is 18.2 Å². The monoisotopic (exact) mass is 299 g/mol. The first-order chi connectivity index (χ1) is 10.6. The summed E-state index contributed by atoms with van der Waals surface area (Å²) in [6, 6.07) is 14.9. The van der Waals surface area contributed by atoms with E-state index in [0.29, 0.717) is 6.54 Å². The van der Waals surface area contributed by atoms with E-state index in [1.807, 2.05) is 18.2 Å². The van der Waals surface area contributed by atoms with E-state index in [0.717, 1.165) is 12.0 Å². The number of hydrogen-bond donors (Lipinski definition) is 3. The van der Waals surface area contributed by atoms with Gasteiger partial charge in [0.1, 0.15) is 0 Å². The predicted molar refractivity (Wildman–Crippen MR) is 86.0 cm³/mol.